The maximum Gasteiger partial charge on any atom is 0.252 e. The van der Waals surface area contributed by atoms with Gasteiger partial charge < -0.3 is 86.5 Å². The molecule has 0 radical (unpaired) electrons. The Morgan fingerprint density at radius 2 is 1.05 bits per heavy atom. The molecule has 2 aliphatic heterocycles. The SMILES string of the molecule is NCCCC[C@H](NC(=O)c1cccc(Nc2c3ccc(NC(=O)CCN4CCCC4)cc3nc3cc(NC(=O)CCN4CCCC4)ccc23)c1)C(=O)N[C@@H](CCCN=C(N)N)C(=O)N[C@@H](CO)C(=O)N[C@@H](CCCN=C(N)N)C(N)=O. The first-order valence-corrected chi connectivity index (χ1v) is 27.7. The molecule has 20 N–H and O–H groups in total. The molecule has 4 aromatic rings. The van der Waals surface area contributed by atoms with Gasteiger partial charge in [-0.2, -0.15) is 0 Å². The number of nitrogens with one attached hydrogen (secondary N) is 7. The monoisotopic (exact) mass is 1120 g/mol. The topological polar surface area (TPSA) is 424 Å². The van der Waals surface area contributed by atoms with Gasteiger partial charge in [0.05, 0.1) is 23.3 Å². The van der Waals surface area contributed by atoms with Crippen molar-refractivity contribution in [3.63, 3.8) is 0 Å². The maximum absolute atomic E-state index is 14.3. The molecule has 3 heterocycles. The van der Waals surface area contributed by atoms with E-state index in [0.717, 1.165) is 51.9 Å². The van der Waals surface area contributed by atoms with E-state index in [0.29, 0.717) is 89.9 Å². The third-order valence-corrected chi connectivity index (χ3v) is 14.0. The Labute approximate surface area is 470 Å². The van der Waals surface area contributed by atoms with Gasteiger partial charge in [0.2, 0.25) is 35.4 Å². The summed E-state index contributed by atoms with van der Waals surface area (Å²) in [5.41, 5.74) is 36.7. The Morgan fingerprint density at radius 3 is 1.56 bits per heavy atom. The predicted octanol–water partition coefficient (Wildman–Crippen LogP) is 0.247. The van der Waals surface area contributed by atoms with Crippen molar-refractivity contribution in [2.24, 2.45) is 44.4 Å². The number of likely N-dealkylation sites (tertiary alicyclic amines) is 2. The molecule has 7 amide bonds. The number of pyridine rings is 1. The van der Waals surface area contributed by atoms with Gasteiger partial charge in [-0.3, -0.25) is 43.5 Å². The summed E-state index contributed by atoms with van der Waals surface area (Å²) >= 11 is 0. The minimum absolute atomic E-state index is 0.0397. The Morgan fingerprint density at radius 1 is 0.568 bits per heavy atom. The number of anilines is 4. The number of carbonyl (C=O) groups is 7. The molecule has 3 aromatic carbocycles. The van der Waals surface area contributed by atoms with E-state index in [4.69, 9.17) is 39.4 Å². The van der Waals surface area contributed by atoms with Crippen LogP contribution in [-0.4, -0.2) is 163 Å². The zero-order valence-electron chi connectivity index (χ0n) is 45.9. The van der Waals surface area contributed by atoms with Crippen molar-refractivity contribution >= 4 is 97.8 Å². The summed E-state index contributed by atoms with van der Waals surface area (Å²) in [5, 5.41) is 31.6. The summed E-state index contributed by atoms with van der Waals surface area (Å²) in [7, 11) is 0. The Kier molecular flexibility index (Phi) is 24.2. The zero-order valence-corrected chi connectivity index (χ0v) is 45.9. The summed E-state index contributed by atoms with van der Waals surface area (Å²) < 4.78 is 0. The first-order chi connectivity index (χ1) is 39.0. The highest BCUT2D eigenvalue weighted by Crippen LogP contribution is 2.36. The van der Waals surface area contributed by atoms with Gasteiger partial charge in [-0.15, -0.1) is 0 Å². The van der Waals surface area contributed by atoms with Gasteiger partial charge >= 0.3 is 0 Å². The number of rotatable bonds is 32. The van der Waals surface area contributed by atoms with Crippen LogP contribution in [0.3, 0.4) is 0 Å². The molecule has 2 aliphatic rings. The molecular weight excluding hydrogens is 1040 g/mol. The smallest absolute Gasteiger partial charge is 0.252 e. The average molecular weight is 1120 g/mol. The summed E-state index contributed by atoms with van der Waals surface area (Å²) in [6, 6.07) is 12.4. The van der Waals surface area contributed by atoms with Gasteiger partial charge in [0, 0.05) is 72.4 Å². The summed E-state index contributed by atoms with van der Waals surface area (Å²) in [6.07, 6.45) is 6.75. The van der Waals surface area contributed by atoms with E-state index in [1.54, 1.807) is 36.4 Å². The number of hydrogen-bond acceptors (Lipinski definition) is 15. The van der Waals surface area contributed by atoms with E-state index >= 15 is 0 Å². The second kappa shape index (κ2) is 31.6. The normalized spacial score (nSPS) is 14.9. The number of carbonyl (C=O) groups excluding carboxylic acids is 7. The quantitative estimate of drug-likeness (QED) is 0.0135. The Hall–Kier alpha value is -8.20. The number of aliphatic imine (C=N–C) groups is 2. The Bertz CT molecular complexity index is 2790. The summed E-state index contributed by atoms with van der Waals surface area (Å²) in [5.74, 6) is -4.57. The number of fused-ring (bicyclic) bond motifs is 2. The van der Waals surface area contributed by atoms with Crippen molar-refractivity contribution < 1.29 is 38.7 Å². The highest BCUT2D eigenvalue weighted by atomic mass is 16.3. The summed E-state index contributed by atoms with van der Waals surface area (Å²) in [6.45, 7) is 4.95. The summed E-state index contributed by atoms with van der Waals surface area (Å²) in [4.78, 5) is 112. The van der Waals surface area contributed by atoms with Crippen LogP contribution < -0.4 is 71.6 Å². The lowest BCUT2D eigenvalue weighted by atomic mass is 10.0. The molecule has 0 bridgehead atoms. The van der Waals surface area contributed by atoms with Gasteiger partial charge in [-0.25, -0.2) is 4.98 Å². The number of nitrogens with zero attached hydrogens (tertiary/aromatic N) is 5. The van der Waals surface area contributed by atoms with Crippen LogP contribution in [0.2, 0.25) is 0 Å². The van der Waals surface area contributed by atoms with E-state index in [9.17, 15) is 38.7 Å². The average Bonchev–Trinajstić information content (AvgIpc) is 4.19. The number of unbranched alkanes of at least 4 members (excludes halogenated alkanes) is 1. The van der Waals surface area contributed by atoms with Crippen LogP contribution in [0, 0.1) is 0 Å². The van der Waals surface area contributed by atoms with Gasteiger partial charge in [0.25, 0.3) is 5.91 Å². The van der Waals surface area contributed by atoms with Crippen molar-refractivity contribution in [2.75, 3.05) is 81.5 Å². The van der Waals surface area contributed by atoms with Crippen molar-refractivity contribution in [3.8, 4) is 0 Å². The van der Waals surface area contributed by atoms with Crippen LogP contribution in [0.25, 0.3) is 21.8 Å². The van der Waals surface area contributed by atoms with Crippen LogP contribution in [0.15, 0.2) is 70.6 Å². The second-order valence-electron chi connectivity index (χ2n) is 20.3. The van der Waals surface area contributed by atoms with E-state index in [1.165, 1.54) is 0 Å². The highest BCUT2D eigenvalue weighted by Gasteiger charge is 2.31. The number of aliphatic hydroxyl groups is 1. The maximum atomic E-state index is 14.3. The van der Waals surface area contributed by atoms with Crippen LogP contribution in [0.5, 0.6) is 0 Å². The lowest BCUT2D eigenvalue weighted by Crippen LogP contribution is -2.59. The largest absolute Gasteiger partial charge is 0.394 e. The molecular formula is C55H80N18O8. The molecule has 0 saturated carbocycles. The fraction of sp³-hybridized carbons (Fsp3) is 0.491. The lowest BCUT2D eigenvalue weighted by molar-refractivity contribution is -0.134. The fourth-order valence-corrected chi connectivity index (χ4v) is 9.67. The van der Waals surface area contributed by atoms with E-state index in [-0.39, 0.29) is 74.5 Å². The minimum atomic E-state index is -1.57. The van der Waals surface area contributed by atoms with Gasteiger partial charge in [0.1, 0.15) is 24.2 Å². The molecule has 81 heavy (non-hydrogen) atoms. The highest BCUT2D eigenvalue weighted by molar-refractivity contribution is 6.11. The third kappa shape index (κ3) is 19.8. The van der Waals surface area contributed by atoms with Crippen LogP contribution in [0.1, 0.15) is 93.8 Å². The van der Waals surface area contributed by atoms with Crippen molar-refractivity contribution in [1.29, 1.82) is 0 Å². The first kappa shape index (κ1) is 62.0. The number of aliphatic hydroxyl groups excluding tert-OH is 1. The van der Waals surface area contributed by atoms with Crippen LogP contribution >= 0.6 is 0 Å². The number of hydrogen-bond donors (Lipinski definition) is 14. The number of benzene rings is 3. The first-order valence-electron chi connectivity index (χ1n) is 27.7. The molecule has 1 aromatic heterocycles. The zero-order chi connectivity index (χ0) is 58.3. The van der Waals surface area contributed by atoms with Gasteiger partial charge in [-0.05, 0) is 158 Å². The minimum Gasteiger partial charge on any atom is -0.394 e. The molecule has 26 nitrogen and oxygen atoms in total. The standard InChI is InChI=1S/C55H80N18O8/c56-21-2-1-12-41(51(79)70-42(14-9-23-63-55(60)61)52(80)71-45(33-74)53(81)68-40(49(57)77)13-8-22-62-54(58)59)69-50(78)34-10-7-11-35(30-34)66-48-38-17-15-36(64-46(75)19-28-72-24-3-4-25-72)31-43(38)67-44-32-37(16-18-39(44)48)65-47(76)20-29-73-26-5-6-27-73/h7,10-11,15-18,30-32,40-42,45,74H,1-6,8-9,12-14,19-29,33,56H2,(H2,57,77)(H,64,75)(H,65,76)(H,66,67)(H,68,81)(H,69,78)(H,70,79)(H,71,80)(H4,58,59,62)(H4,60,61,63)/t40-,41-,42-,45-/m0/s1. The van der Waals surface area contributed by atoms with Gasteiger partial charge in [-0.1, -0.05) is 6.07 Å². The second-order valence-corrected chi connectivity index (χ2v) is 20.3. The van der Waals surface area contributed by atoms with Crippen LogP contribution in [-0.2, 0) is 28.8 Å². The van der Waals surface area contributed by atoms with Crippen molar-refractivity contribution in [1.82, 2.24) is 36.1 Å². The van der Waals surface area contributed by atoms with Crippen LogP contribution in [0.4, 0.5) is 22.7 Å². The molecule has 0 unspecified atom stereocenters. The molecule has 0 spiro atoms. The number of primary amides is 1. The molecule has 26 heteroatoms. The number of nitrogens with two attached hydrogens (primary N) is 6. The number of amides is 7. The van der Waals surface area contributed by atoms with E-state index in [1.807, 2.05) is 24.3 Å². The molecule has 0 aliphatic carbocycles. The molecule has 438 valence electrons. The van der Waals surface area contributed by atoms with E-state index in [2.05, 4.69) is 57.0 Å². The van der Waals surface area contributed by atoms with E-state index < -0.39 is 60.3 Å². The molecule has 4 atom stereocenters. The number of guanidine groups is 2. The van der Waals surface area contributed by atoms with Gasteiger partial charge in [0.15, 0.2) is 11.9 Å². The molecule has 2 saturated heterocycles. The lowest BCUT2D eigenvalue weighted by Gasteiger charge is -2.25. The molecule has 6 rings (SSSR count). The predicted molar refractivity (Wildman–Crippen MR) is 313 cm³/mol. The fourth-order valence-electron chi connectivity index (χ4n) is 9.67. The van der Waals surface area contributed by atoms with Crippen molar-refractivity contribution in [2.45, 2.75) is 108 Å². The molecule has 2 fully saturated rings. The third-order valence-electron chi connectivity index (χ3n) is 14.0. The number of aromatic nitrogens is 1. The van der Waals surface area contributed by atoms with Crippen molar-refractivity contribution in [3.05, 3.63) is 66.2 Å². The Balaban J connectivity index is 1.21.